The van der Waals surface area contributed by atoms with Gasteiger partial charge in [0.15, 0.2) is 0 Å². The van der Waals surface area contributed by atoms with E-state index >= 15 is 0 Å². The van der Waals surface area contributed by atoms with E-state index in [9.17, 15) is 9.59 Å². The van der Waals surface area contributed by atoms with Crippen LogP contribution in [0, 0.1) is 5.92 Å². The van der Waals surface area contributed by atoms with Crippen LogP contribution in [-0.2, 0) is 4.79 Å². The lowest BCUT2D eigenvalue weighted by molar-refractivity contribution is -0.137. The average Bonchev–Trinajstić information content (AvgIpc) is 2.32. The molecule has 0 saturated heterocycles. The SMILES string of the molecule is CC(C)C(CC(=O)O)NC(=O)Nc1cc(Br)ccc1Cl. The van der Waals surface area contributed by atoms with Gasteiger partial charge in [-0.3, -0.25) is 4.79 Å². The minimum absolute atomic E-state index is 0.00910. The second-order valence-electron chi connectivity index (χ2n) is 4.67. The molecule has 1 rings (SSSR count). The molecule has 0 aliphatic heterocycles. The summed E-state index contributed by atoms with van der Waals surface area (Å²) in [7, 11) is 0. The predicted molar refractivity (Wildman–Crippen MR) is 82.2 cm³/mol. The highest BCUT2D eigenvalue weighted by Crippen LogP contribution is 2.25. The summed E-state index contributed by atoms with van der Waals surface area (Å²) < 4.78 is 0.781. The Morgan fingerprint density at radius 3 is 2.60 bits per heavy atom. The van der Waals surface area contributed by atoms with E-state index in [0.29, 0.717) is 10.7 Å². The standard InChI is InChI=1S/C13H16BrClN2O3/c1-7(2)10(6-12(18)19)16-13(20)17-11-5-8(14)3-4-9(11)15/h3-5,7,10H,6H2,1-2H3,(H,18,19)(H2,16,17,20). The van der Waals surface area contributed by atoms with E-state index in [0.717, 1.165) is 4.47 Å². The second-order valence-corrected chi connectivity index (χ2v) is 5.99. The van der Waals surface area contributed by atoms with Crippen LogP contribution in [0.3, 0.4) is 0 Å². The van der Waals surface area contributed by atoms with E-state index in [1.54, 1.807) is 18.2 Å². The summed E-state index contributed by atoms with van der Waals surface area (Å²) in [6, 6.07) is 4.15. The number of halogens is 2. The highest BCUT2D eigenvalue weighted by Gasteiger charge is 2.19. The van der Waals surface area contributed by atoms with Crippen molar-refractivity contribution in [1.29, 1.82) is 0 Å². The molecule has 0 aromatic heterocycles. The van der Waals surface area contributed by atoms with Crippen LogP contribution in [0.2, 0.25) is 5.02 Å². The third-order valence-electron chi connectivity index (χ3n) is 2.69. The van der Waals surface area contributed by atoms with Crippen molar-refractivity contribution >= 4 is 45.2 Å². The Bertz CT molecular complexity index is 508. The normalized spacial score (nSPS) is 12.1. The number of benzene rings is 1. The molecule has 1 aromatic carbocycles. The Morgan fingerprint density at radius 1 is 1.40 bits per heavy atom. The van der Waals surface area contributed by atoms with Gasteiger partial charge in [0.1, 0.15) is 0 Å². The fourth-order valence-electron chi connectivity index (χ4n) is 1.56. The zero-order valence-corrected chi connectivity index (χ0v) is 13.5. The molecule has 110 valence electrons. The van der Waals surface area contributed by atoms with Crippen LogP contribution < -0.4 is 10.6 Å². The van der Waals surface area contributed by atoms with Crippen molar-refractivity contribution in [3.63, 3.8) is 0 Å². The van der Waals surface area contributed by atoms with Gasteiger partial charge in [-0.2, -0.15) is 0 Å². The molecule has 5 nitrogen and oxygen atoms in total. The zero-order valence-electron chi connectivity index (χ0n) is 11.1. The summed E-state index contributed by atoms with van der Waals surface area (Å²) in [5, 5.41) is 14.5. The zero-order chi connectivity index (χ0) is 15.3. The first-order valence-corrected chi connectivity index (χ1v) is 7.21. The third-order valence-corrected chi connectivity index (χ3v) is 3.52. The van der Waals surface area contributed by atoms with E-state index in [4.69, 9.17) is 16.7 Å². The van der Waals surface area contributed by atoms with Crippen LogP contribution >= 0.6 is 27.5 Å². The molecule has 0 bridgehead atoms. The maximum Gasteiger partial charge on any atom is 0.319 e. The van der Waals surface area contributed by atoms with Gasteiger partial charge >= 0.3 is 12.0 Å². The predicted octanol–water partition coefficient (Wildman–Crippen LogP) is 3.72. The van der Waals surface area contributed by atoms with Crippen molar-refractivity contribution in [2.45, 2.75) is 26.3 Å². The lowest BCUT2D eigenvalue weighted by Crippen LogP contribution is -2.42. The molecule has 1 aromatic rings. The van der Waals surface area contributed by atoms with Gasteiger partial charge in [0.25, 0.3) is 0 Å². The van der Waals surface area contributed by atoms with E-state index in [2.05, 4.69) is 26.6 Å². The van der Waals surface area contributed by atoms with Crippen molar-refractivity contribution in [3.05, 3.63) is 27.7 Å². The number of amides is 2. The average molecular weight is 364 g/mol. The smallest absolute Gasteiger partial charge is 0.319 e. The number of urea groups is 1. The van der Waals surface area contributed by atoms with Gasteiger partial charge < -0.3 is 15.7 Å². The van der Waals surface area contributed by atoms with Gasteiger partial charge in [0.2, 0.25) is 0 Å². The van der Waals surface area contributed by atoms with Crippen molar-refractivity contribution < 1.29 is 14.7 Å². The first-order chi connectivity index (χ1) is 9.29. The molecule has 0 aliphatic carbocycles. The van der Waals surface area contributed by atoms with Crippen LogP contribution in [0.4, 0.5) is 10.5 Å². The summed E-state index contributed by atoms with van der Waals surface area (Å²) in [5.74, 6) is -0.945. The number of rotatable bonds is 5. The largest absolute Gasteiger partial charge is 0.481 e. The van der Waals surface area contributed by atoms with Gasteiger partial charge in [-0.25, -0.2) is 4.79 Å². The molecule has 7 heteroatoms. The molecule has 3 N–H and O–H groups in total. The number of carbonyl (C=O) groups is 2. The van der Waals surface area contributed by atoms with Gasteiger partial charge in [-0.1, -0.05) is 41.4 Å². The van der Waals surface area contributed by atoms with Gasteiger partial charge in [-0.05, 0) is 24.1 Å². The topological polar surface area (TPSA) is 78.4 Å². The molecule has 20 heavy (non-hydrogen) atoms. The summed E-state index contributed by atoms with van der Waals surface area (Å²) >= 11 is 9.25. The molecular formula is C13H16BrClN2O3. The minimum Gasteiger partial charge on any atom is -0.481 e. The lowest BCUT2D eigenvalue weighted by atomic mass is 10.0. The molecule has 1 atom stereocenters. The third kappa shape index (κ3) is 5.38. The highest BCUT2D eigenvalue weighted by molar-refractivity contribution is 9.10. The van der Waals surface area contributed by atoms with E-state index < -0.39 is 18.0 Å². The Labute approximate surface area is 130 Å². The van der Waals surface area contributed by atoms with Gasteiger partial charge in [0.05, 0.1) is 17.1 Å². The molecule has 1 unspecified atom stereocenters. The number of anilines is 1. The van der Waals surface area contributed by atoms with Crippen LogP contribution in [0.5, 0.6) is 0 Å². The quantitative estimate of drug-likeness (QED) is 0.746. The molecule has 0 aliphatic rings. The summed E-state index contributed by atoms with van der Waals surface area (Å²) in [6.07, 6.45) is -0.128. The molecule has 0 fully saturated rings. The number of carboxylic acids is 1. The highest BCUT2D eigenvalue weighted by atomic mass is 79.9. The Hall–Kier alpha value is -1.27. The Balaban J connectivity index is 2.70. The second kappa shape index (κ2) is 7.50. The van der Waals surface area contributed by atoms with Crippen LogP contribution in [-0.4, -0.2) is 23.1 Å². The van der Waals surface area contributed by atoms with Crippen LogP contribution in [0.15, 0.2) is 22.7 Å². The number of carboxylic acid groups (broad SMARTS) is 1. The van der Waals surface area contributed by atoms with Crippen LogP contribution in [0.1, 0.15) is 20.3 Å². The van der Waals surface area contributed by atoms with E-state index in [1.165, 1.54) is 0 Å². The summed E-state index contributed by atoms with van der Waals surface area (Å²) in [6.45, 7) is 3.69. The van der Waals surface area contributed by atoms with Crippen molar-refractivity contribution in [2.24, 2.45) is 5.92 Å². The number of aliphatic carboxylic acids is 1. The lowest BCUT2D eigenvalue weighted by Gasteiger charge is -2.21. The van der Waals surface area contributed by atoms with Crippen molar-refractivity contribution in [2.75, 3.05) is 5.32 Å². The molecule has 0 spiro atoms. The van der Waals surface area contributed by atoms with E-state index in [-0.39, 0.29) is 12.3 Å². The molecule has 0 saturated carbocycles. The minimum atomic E-state index is -0.954. The number of hydrogen-bond donors (Lipinski definition) is 3. The monoisotopic (exact) mass is 362 g/mol. The molecule has 0 radical (unpaired) electrons. The maximum absolute atomic E-state index is 11.9. The summed E-state index contributed by atoms with van der Waals surface area (Å²) in [5.41, 5.74) is 0.455. The fraction of sp³-hybridized carbons (Fsp3) is 0.385. The Kier molecular flexibility index (Phi) is 6.29. The summed E-state index contributed by atoms with van der Waals surface area (Å²) in [4.78, 5) is 22.6. The Morgan fingerprint density at radius 2 is 2.05 bits per heavy atom. The number of nitrogens with one attached hydrogen (secondary N) is 2. The van der Waals surface area contributed by atoms with Crippen LogP contribution in [0.25, 0.3) is 0 Å². The fourth-order valence-corrected chi connectivity index (χ4v) is 2.09. The first-order valence-electron chi connectivity index (χ1n) is 6.04. The van der Waals surface area contributed by atoms with E-state index in [1.807, 2.05) is 13.8 Å². The van der Waals surface area contributed by atoms with Crippen molar-refractivity contribution in [3.8, 4) is 0 Å². The van der Waals surface area contributed by atoms with Crippen molar-refractivity contribution in [1.82, 2.24) is 5.32 Å². The molecule has 0 heterocycles. The molecule has 2 amide bonds. The molecular weight excluding hydrogens is 348 g/mol. The van der Waals surface area contributed by atoms with Gasteiger partial charge in [-0.15, -0.1) is 0 Å². The number of hydrogen-bond acceptors (Lipinski definition) is 2. The maximum atomic E-state index is 11.9. The first kappa shape index (κ1) is 16.8. The number of carbonyl (C=O) groups excluding carboxylic acids is 1. The van der Waals surface area contributed by atoms with Gasteiger partial charge in [0, 0.05) is 10.5 Å².